The first-order valence-corrected chi connectivity index (χ1v) is 8.16. The lowest BCUT2D eigenvalue weighted by molar-refractivity contribution is -0.134. The van der Waals surface area contributed by atoms with Gasteiger partial charge in [-0.1, -0.05) is 15.9 Å². The van der Waals surface area contributed by atoms with Crippen LogP contribution in [0.25, 0.3) is 0 Å². The van der Waals surface area contributed by atoms with Crippen LogP contribution in [-0.2, 0) is 9.53 Å². The average molecular weight is 408 g/mol. The molecule has 0 aliphatic carbocycles. The highest BCUT2D eigenvalue weighted by Crippen LogP contribution is 2.37. The lowest BCUT2D eigenvalue weighted by atomic mass is 10.1. The van der Waals surface area contributed by atoms with E-state index in [9.17, 15) is 4.79 Å². The molecule has 1 saturated heterocycles. The molecule has 2 N–H and O–H groups in total. The number of hydrogen-bond acceptors (Lipinski definition) is 5. The summed E-state index contributed by atoms with van der Waals surface area (Å²) in [7, 11) is 0. The molecule has 2 atom stereocenters. The van der Waals surface area contributed by atoms with Gasteiger partial charge in [0.05, 0.1) is 12.6 Å². The van der Waals surface area contributed by atoms with E-state index in [2.05, 4.69) is 26.6 Å². The van der Waals surface area contributed by atoms with Crippen LogP contribution in [0.4, 0.5) is 0 Å². The fourth-order valence-corrected chi connectivity index (χ4v) is 3.20. The van der Waals surface area contributed by atoms with E-state index in [0.717, 1.165) is 22.3 Å². The minimum atomic E-state index is -0.438. The van der Waals surface area contributed by atoms with Crippen molar-refractivity contribution in [1.29, 1.82) is 0 Å². The summed E-state index contributed by atoms with van der Waals surface area (Å²) in [6.45, 7) is 4.91. The van der Waals surface area contributed by atoms with Gasteiger partial charge in [-0.2, -0.15) is 0 Å². The molecule has 1 fully saturated rings. The van der Waals surface area contributed by atoms with Crippen LogP contribution < -0.4 is 20.1 Å². The first-order valence-electron chi connectivity index (χ1n) is 7.37. The number of ether oxygens (including phenoxy) is 3. The summed E-state index contributed by atoms with van der Waals surface area (Å²) in [5.74, 6) is 1.32. The minimum absolute atomic E-state index is 0. The molecule has 2 aliphatic rings. The van der Waals surface area contributed by atoms with Gasteiger partial charge >= 0.3 is 0 Å². The molecule has 128 valence electrons. The Hall–Kier alpha value is -1.02. The molecule has 2 unspecified atom stereocenters. The standard InChI is InChI=1S/C15H19BrN2O4.ClH/c1-9(18-15(19)14-8-17-2-3-20-14)10-6-12-13(7-11(10)16)22-5-4-21-12;/h6-7,9,14,17H,2-5,8H2,1H3,(H,18,19);1H. The van der Waals surface area contributed by atoms with Gasteiger partial charge in [-0.15, -0.1) is 12.4 Å². The van der Waals surface area contributed by atoms with Crippen LogP contribution in [0.3, 0.4) is 0 Å². The van der Waals surface area contributed by atoms with Crippen molar-refractivity contribution >= 4 is 34.2 Å². The normalized spacial score (nSPS) is 21.0. The van der Waals surface area contributed by atoms with E-state index in [-0.39, 0.29) is 24.4 Å². The van der Waals surface area contributed by atoms with Crippen LogP contribution >= 0.6 is 28.3 Å². The maximum Gasteiger partial charge on any atom is 0.250 e. The summed E-state index contributed by atoms with van der Waals surface area (Å²) in [4.78, 5) is 12.2. The molecule has 0 radical (unpaired) electrons. The van der Waals surface area contributed by atoms with Crippen molar-refractivity contribution in [2.75, 3.05) is 32.9 Å². The molecule has 2 aliphatic heterocycles. The van der Waals surface area contributed by atoms with E-state index in [4.69, 9.17) is 14.2 Å². The maximum absolute atomic E-state index is 12.2. The number of carbonyl (C=O) groups excluding carboxylic acids is 1. The van der Waals surface area contributed by atoms with Gasteiger partial charge in [0.2, 0.25) is 0 Å². The van der Waals surface area contributed by atoms with E-state index in [1.165, 1.54) is 0 Å². The molecule has 1 aromatic rings. The van der Waals surface area contributed by atoms with Gasteiger partial charge in [0, 0.05) is 17.6 Å². The van der Waals surface area contributed by atoms with Gasteiger partial charge < -0.3 is 24.8 Å². The number of benzene rings is 1. The minimum Gasteiger partial charge on any atom is -0.486 e. The Labute approximate surface area is 149 Å². The predicted octanol–water partition coefficient (Wildman–Crippen LogP) is 1.81. The Balaban J connectivity index is 0.00000192. The fraction of sp³-hybridized carbons (Fsp3) is 0.533. The third kappa shape index (κ3) is 4.29. The second-order valence-corrected chi connectivity index (χ2v) is 6.17. The lowest BCUT2D eigenvalue weighted by Gasteiger charge is -2.26. The second-order valence-electron chi connectivity index (χ2n) is 5.31. The van der Waals surface area contributed by atoms with Crippen molar-refractivity contribution in [2.24, 2.45) is 0 Å². The van der Waals surface area contributed by atoms with E-state index in [0.29, 0.717) is 32.1 Å². The third-order valence-corrected chi connectivity index (χ3v) is 4.39. The van der Waals surface area contributed by atoms with Crippen LogP contribution in [0.5, 0.6) is 11.5 Å². The Bertz CT molecular complexity index is 567. The van der Waals surface area contributed by atoms with Crippen molar-refractivity contribution in [1.82, 2.24) is 10.6 Å². The zero-order valence-electron chi connectivity index (χ0n) is 12.8. The molecule has 1 amide bonds. The van der Waals surface area contributed by atoms with Crippen molar-refractivity contribution in [3.05, 3.63) is 22.2 Å². The van der Waals surface area contributed by atoms with E-state index < -0.39 is 6.10 Å². The average Bonchev–Trinajstić information content (AvgIpc) is 2.54. The molecular formula is C15H20BrClN2O4. The smallest absolute Gasteiger partial charge is 0.250 e. The van der Waals surface area contributed by atoms with Crippen molar-refractivity contribution in [3.8, 4) is 11.5 Å². The number of fused-ring (bicyclic) bond motifs is 1. The monoisotopic (exact) mass is 406 g/mol. The van der Waals surface area contributed by atoms with Crippen molar-refractivity contribution in [3.63, 3.8) is 0 Å². The largest absolute Gasteiger partial charge is 0.486 e. The quantitative estimate of drug-likeness (QED) is 0.800. The number of rotatable bonds is 3. The molecule has 6 nitrogen and oxygen atoms in total. The van der Waals surface area contributed by atoms with Crippen molar-refractivity contribution < 1.29 is 19.0 Å². The van der Waals surface area contributed by atoms with Crippen LogP contribution in [-0.4, -0.2) is 44.9 Å². The van der Waals surface area contributed by atoms with Gasteiger partial charge in [-0.3, -0.25) is 4.79 Å². The van der Waals surface area contributed by atoms with Crippen LogP contribution in [0.15, 0.2) is 16.6 Å². The highest BCUT2D eigenvalue weighted by Gasteiger charge is 2.25. The Morgan fingerprint density at radius 1 is 1.30 bits per heavy atom. The Kier molecular flexibility index (Phi) is 6.52. The van der Waals surface area contributed by atoms with Gasteiger partial charge in [-0.05, 0) is 24.6 Å². The van der Waals surface area contributed by atoms with E-state index >= 15 is 0 Å². The second kappa shape index (κ2) is 8.19. The zero-order valence-corrected chi connectivity index (χ0v) is 15.2. The number of carbonyl (C=O) groups is 1. The SMILES string of the molecule is CC(NC(=O)C1CNCCO1)c1cc2c(cc1Br)OCCO2.Cl. The first-order chi connectivity index (χ1) is 10.6. The van der Waals surface area contributed by atoms with Crippen LogP contribution in [0, 0.1) is 0 Å². The summed E-state index contributed by atoms with van der Waals surface area (Å²) in [5.41, 5.74) is 0.946. The summed E-state index contributed by atoms with van der Waals surface area (Å²) >= 11 is 3.53. The van der Waals surface area contributed by atoms with Gasteiger partial charge in [-0.25, -0.2) is 0 Å². The number of hydrogen-bond donors (Lipinski definition) is 2. The zero-order chi connectivity index (χ0) is 15.5. The molecule has 23 heavy (non-hydrogen) atoms. The maximum atomic E-state index is 12.2. The molecule has 0 aromatic heterocycles. The molecule has 0 bridgehead atoms. The van der Waals surface area contributed by atoms with Crippen molar-refractivity contribution in [2.45, 2.75) is 19.1 Å². The summed E-state index contributed by atoms with van der Waals surface area (Å²) in [6, 6.07) is 3.62. The Morgan fingerprint density at radius 2 is 2.00 bits per heavy atom. The molecule has 8 heteroatoms. The molecule has 0 saturated carbocycles. The summed E-state index contributed by atoms with van der Waals surface area (Å²) < 4.78 is 17.5. The molecular weight excluding hydrogens is 388 g/mol. The van der Waals surface area contributed by atoms with Gasteiger partial charge in [0.1, 0.15) is 19.3 Å². The number of morpholine rings is 1. The Morgan fingerprint density at radius 3 is 2.65 bits per heavy atom. The van der Waals surface area contributed by atoms with Gasteiger partial charge in [0.25, 0.3) is 5.91 Å². The highest BCUT2D eigenvalue weighted by atomic mass is 79.9. The van der Waals surface area contributed by atoms with E-state index in [1.807, 2.05) is 19.1 Å². The van der Waals surface area contributed by atoms with Crippen LogP contribution in [0.2, 0.25) is 0 Å². The molecule has 3 rings (SSSR count). The fourth-order valence-electron chi connectivity index (χ4n) is 2.53. The summed E-state index contributed by atoms with van der Waals surface area (Å²) in [5, 5.41) is 6.13. The molecule has 0 spiro atoms. The highest BCUT2D eigenvalue weighted by molar-refractivity contribution is 9.10. The number of amides is 1. The first kappa shape index (κ1) is 18.3. The third-order valence-electron chi connectivity index (χ3n) is 3.71. The predicted molar refractivity (Wildman–Crippen MR) is 91.5 cm³/mol. The van der Waals surface area contributed by atoms with Gasteiger partial charge in [0.15, 0.2) is 11.5 Å². The summed E-state index contributed by atoms with van der Waals surface area (Å²) in [6.07, 6.45) is -0.438. The topological polar surface area (TPSA) is 68.8 Å². The lowest BCUT2D eigenvalue weighted by Crippen LogP contribution is -2.48. The number of nitrogens with one attached hydrogen (secondary N) is 2. The van der Waals surface area contributed by atoms with Crippen LogP contribution in [0.1, 0.15) is 18.5 Å². The number of halogens is 2. The molecule has 1 aromatic carbocycles. The van der Waals surface area contributed by atoms with E-state index in [1.54, 1.807) is 0 Å². The molecule has 2 heterocycles.